The standard InChI is InChI=1S/C9H17NO/c1-7(8-2-3-8)6-9(11)4-5-10/h7-8H,2-6,10H2,1H3. The van der Waals surface area contributed by atoms with E-state index in [4.69, 9.17) is 5.73 Å². The third-order valence-electron chi connectivity index (χ3n) is 2.40. The maximum atomic E-state index is 11.1. The molecule has 11 heavy (non-hydrogen) atoms. The summed E-state index contributed by atoms with van der Waals surface area (Å²) in [7, 11) is 0. The second kappa shape index (κ2) is 3.86. The highest BCUT2D eigenvalue weighted by Crippen LogP contribution is 2.38. The van der Waals surface area contributed by atoms with Gasteiger partial charge in [-0.05, 0) is 31.2 Å². The van der Waals surface area contributed by atoms with E-state index in [1.807, 2.05) is 0 Å². The molecule has 0 bridgehead atoms. The van der Waals surface area contributed by atoms with Crippen molar-refractivity contribution in [1.29, 1.82) is 0 Å². The normalized spacial score (nSPS) is 19.8. The van der Waals surface area contributed by atoms with Crippen LogP contribution in [0.3, 0.4) is 0 Å². The van der Waals surface area contributed by atoms with Crippen molar-refractivity contribution >= 4 is 5.78 Å². The summed E-state index contributed by atoms with van der Waals surface area (Å²) >= 11 is 0. The lowest BCUT2D eigenvalue weighted by atomic mass is 9.98. The van der Waals surface area contributed by atoms with E-state index in [9.17, 15) is 4.79 Å². The second-order valence-corrected chi connectivity index (χ2v) is 3.60. The van der Waals surface area contributed by atoms with Gasteiger partial charge in [-0.15, -0.1) is 0 Å². The van der Waals surface area contributed by atoms with Gasteiger partial charge in [0.05, 0.1) is 0 Å². The van der Waals surface area contributed by atoms with Gasteiger partial charge in [-0.1, -0.05) is 6.92 Å². The van der Waals surface area contributed by atoms with Crippen LogP contribution in [0, 0.1) is 11.8 Å². The first-order valence-electron chi connectivity index (χ1n) is 4.45. The smallest absolute Gasteiger partial charge is 0.134 e. The van der Waals surface area contributed by atoms with Crippen molar-refractivity contribution in [2.45, 2.75) is 32.6 Å². The SMILES string of the molecule is CC(CC(=O)CCN)C1CC1. The molecule has 0 saturated heterocycles. The highest BCUT2D eigenvalue weighted by molar-refractivity contribution is 5.78. The van der Waals surface area contributed by atoms with Gasteiger partial charge < -0.3 is 5.73 Å². The van der Waals surface area contributed by atoms with Crippen LogP contribution in [0.5, 0.6) is 0 Å². The average Bonchev–Trinajstić information content (AvgIpc) is 2.67. The molecule has 0 aromatic heterocycles. The van der Waals surface area contributed by atoms with Gasteiger partial charge >= 0.3 is 0 Å². The molecule has 1 unspecified atom stereocenters. The van der Waals surface area contributed by atoms with Crippen LogP contribution in [-0.4, -0.2) is 12.3 Å². The quantitative estimate of drug-likeness (QED) is 0.651. The van der Waals surface area contributed by atoms with E-state index in [0.717, 1.165) is 12.3 Å². The zero-order chi connectivity index (χ0) is 8.27. The van der Waals surface area contributed by atoms with E-state index in [1.54, 1.807) is 0 Å². The molecule has 64 valence electrons. The zero-order valence-corrected chi connectivity index (χ0v) is 7.18. The summed E-state index contributed by atoms with van der Waals surface area (Å²) in [5.74, 6) is 1.79. The van der Waals surface area contributed by atoms with Crippen molar-refractivity contribution in [2.75, 3.05) is 6.54 Å². The molecule has 0 aromatic carbocycles. The highest BCUT2D eigenvalue weighted by Gasteiger charge is 2.28. The Labute approximate surface area is 68.2 Å². The van der Waals surface area contributed by atoms with Gasteiger partial charge in [0.2, 0.25) is 0 Å². The Kier molecular flexibility index (Phi) is 3.06. The van der Waals surface area contributed by atoms with Crippen LogP contribution in [-0.2, 0) is 4.79 Å². The lowest BCUT2D eigenvalue weighted by Crippen LogP contribution is -2.11. The lowest BCUT2D eigenvalue weighted by Gasteiger charge is -2.07. The van der Waals surface area contributed by atoms with Gasteiger partial charge in [0.15, 0.2) is 0 Å². The fraction of sp³-hybridized carbons (Fsp3) is 0.889. The first kappa shape index (κ1) is 8.72. The predicted octanol–water partition coefficient (Wildman–Crippen LogP) is 1.34. The van der Waals surface area contributed by atoms with Gasteiger partial charge in [0.1, 0.15) is 5.78 Å². The van der Waals surface area contributed by atoms with Gasteiger partial charge in [-0.2, -0.15) is 0 Å². The maximum Gasteiger partial charge on any atom is 0.134 e. The Hall–Kier alpha value is -0.370. The van der Waals surface area contributed by atoms with Crippen molar-refractivity contribution in [3.63, 3.8) is 0 Å². The molecule has 2 nitrogen and oxygen atoms in total. The van der Waals surface area contributed by atoms with E-state index in [-0.39, 0.29) is 0 Å². The Morgan fingerprint density at radius 2 is 2.27 bits per heavy atom. The number of hydrogen-bond donors (Lipinski definition) is 1. The largest absolute Gasteiger partial charge is 0.330 e. The molecule has 0 amide bonds. The molecule has 0 spiro atoms. The number of ketones is 1. The van der Waals surface area contributed by atoms with Gasteiger partial charge in [-0.25, -0.2) is 0 Å². The van der Waals surface area contributed by atoms with Crippen molar-refractivity contribution in [3.05, 3.63) is 0 Å². The minimum Gasteiger partial charge on any atom is -0.330 e. The fourth-order valence-electron chi connectivity index (χ4n) is 1.45. The van der Waals surface area contributed by atoms with Crippen LogP contribution in [0.15, 0.2) is 0 Å². The first-order valence-corrected chi connectivity index (χ1v) is 4.45. The van der Waals surface area contributed by atoms with E-state index < -0.39 is 0 Å². The van der Waals surface area contributed by atoms with E-state index in [1.165, 1.54) is 12.8 Å². The molecule has 1 fully saturated rings. The van der Waals surface area contributed by atoms with Crippen LogP contribution in [0.25, 0.3) is 0 Å². The average molecular weight is 155 g/mol. The Morgan fingerprint density at radius 1 is 1.64 bits per heavy atom. The second-order valence-electron chi connectivity index (χ2n) is 3.60. The van der Waals surface area contributed by atoms with Gasteiger partial charge in [0, 0.05) is 12.8 Å². The first-order chi connectivity index (χ1) is 5.24. The monoisotopic (exact) mass is 155 g/mol. The summed E-state index contributed by atoms with van der Waals surface area (Å²) in [6, 6.07) is 0. The van der Waals surface area contributed by atoms with Crippen LogP contribution in [0.4, 0.5) is 0 Å². The van der Waals surface area contributed by atoms with Crippen LogP contribution >= 0.6 is 0 Å². The molecular weight excluding hydrogens is 138 g/mol. The fourth-order valence-corrected chi connectivity index (χ4v) is 1.45. The molecular formula is C9H17NO. The van der Waals surface area contributed by atoms with Crippen molar-refractivity contribution in [2.24, 2.45) is 17.6 Å². The Balaban J connectivity index is 2.12. The van der Waals surface area contributed by atoms with Gasteiger partial charge in [-0.3, -0.25) is 4.79 Å². The predicted molar refractivity (Wildman–Crippen MR) is 45.2 cm³/mol. The summed E-state index contributed by atoms with van der Waals surface area (Å²) in [5, 5.41) is 0. The third-order valence-corrected chi connectivity index (χ3v) is 2.40. The molecule has 1 saturated carbocycles. The summed E-state index contributed by atoms with van der Waals surface area (Å²) in [5.41, 5.74) is 5.28. The summed E-state index contributed by atoms with van der Waals surface area (Å²) in [4.78, 5) is 11.1. The molecule has 1 atom stereocenters. The van der Waals surface area contributed by atoms with E-state index >= 15 is 0 Å². The molecule has 2 heteroatoms. The molecule has 0 aromatic rings. The number of nitrogens with two attached hydrogens (primary N) is 1. The van der Waals surface area contributed by atoms with Crippen molar-refractivity contribution < 1.29 is 4.79 Å². The minimum atomic E-state index is 0.340. The third kappa shape index (κ3) is 3.02. The van der Waals surface area contributed by atoms with Crippen molar-refractivity contribution in [3.8, 4) is 0 Å². The number of carbonyl (C=O) groups excluding carboxylic acids is 1. The van der Waals surface area contributed by atoms with Gasteiger partial charge in [0.25, 0.3) is 0 Å². The lowest BCUT2D eigenvalue weighted by molar-refractivity contribution is -0.119. The molecule has 0 radical (unpaired) electrons. The molecule has 0 aliphatic heterocycles. The summed E-state index contributed by atoms with van der Waals surface area (Å²) in [6.07, 6.45) is 3.98. The Morgan fingerprint density at radius 3 is 2.73 bits per heavy atom. The van der Waals surface area contributed by atoms with E-state index in [0.29, 0.717) is 24.7 Å². The molecule has 1 aliphatic carbocycles. The summed E-state index contributed by atoms with van der Waals surface area (Å²) < 4.78 is 0. The maximum absolute atomic E-state index is 11.1. The van der Waals surface area contributed by atoms with Crippen LogP contribution in [0.2, 0.25) is 0 Å². The topological polar surface area (TPSA) is 43.1 Å². The van der Waals surface area contributed by atoms with Crippen LogP contribution < -0.4 is 5.73 Å². The highest BCUT2D eigenvalue weighted by atomic mass is 16.1. The van der Waals surface area contributed by atoms with E-state index in [2.05, 4.69) is 6.92 Å². The number of Topliss-reactive ketones (excluding diaryl/α,β-unsaturated/α-hetero) is 1. The summed E-state index contributed by atoms with van der Waals surface area (Å²) in [6.45, 7) is 2.68. The van der Waals surface area contributed by atoms with Crippen molar-refractivity contribution in [1.82, 2.24) is 0 Å². The minimum absolute atomic E-state index is 0.340. The number of carbonyl (C=O) groups is 1. The number of hydrogen-bond acceptors (Lipinski definition) is 2. The Bertz CT molecular complexity index is 140. The molecule has 1 aliphatic rings. The molecule has 2 N–H and O–H groups in total. The molecule has 0 heterocycles. The molecule has 1 rings (SSSR count). The number of rotatable bonds is 5. The van der Waals surface area contributed by atoms with Crippen LogP contribution in [0.1, 0.15) is 32.6 Å². The zero-order valence-electron chi connectivity index (χ0n) is 7.18.